The second-order valence-corrected chi connectivity index (χ2v) is 4.70. The minimum Gasteiger partial charge on any atom is -0.362 e. The van der Waals surface area contributed by atoms with Gasteiger partial charge in [0.15, 0.2) is 0 Å². The fourth-order valence-electron chi connectivity index (χ4n) is 1.29. The Bertz CT molecular complexity index is 345. The first-order chi connectivity index (χ1) is 8.06. The first kappa shape index (κ1) is 14.3. The van der Waals surface area contributed by atoms with Crippen molar-refractivity contribution in [2.75, 3.05) is 36.1 Å². The summed E-state index contributed by atoms with van der Waals surface area (Å²) in [5.74, 6) is 2.28. The molecule has 17 heavy (non-hydrogen) atoms. The van der Waals surface area contributed by atoms with Crippen molar-refractivity contribution in [2.45, 2.75) is 18.9 Å². The van der Waals surface area contributed by atoms with E-state index in [0.29, 0.717) is 17.7 Å². The topological polar surface area (TPSA) is 41.1 Å². The van der Waals surface area contributed by atoms with Gasteiger partial charge in [0, 0.05) is 32.1 Å². The number of aromatic nitrogens is 2. The Morgan fingerprint density at radius 1 is 1.35 bits per heavy atom. The summed E-state index contributed by atoms with van der Waals surface area (Å²) in [7, 11) is 3.80. The number of anilines is 2. The van der Waals surface area contributed by atoms with Crippen LogP contribution in [0.2, 0.25) is 0 Å². The van der Waals surface area contributed by atoms with Crippen LogP contribution in [0.5, 0.6) is 0 Å². The molecule has 0 atom stereocenters. The SMILES string of the molecule is CCC(CCl)(CCl)Nc1ccnc(N(C)C)n1. The van der Waals surface area contributed by atoms with Crippen LogP contribution in [0.3, 0.4) is 0 Å². The summed E-state index contributed by atoms with van der Waals surface area (Å²) >= 11 is 12.0. The lowest BCUT2D eigenvalue weighted by molar-refractivity contribution is 0.557. The minimum atomic E-state index is -0.318. The molecule has 1 aromatic heterocycles. The molecule has 1 rings (SSSR count). The molecule has 1 N–H and O–H groups in total. The number of alkyl halides is 2. The van der Waals surface area contributed by atoms with Crippen LogP contribution in [0.1, 0.15) is 13.3 Å². The summed E-state index contributed by atoms with van der Waals surface area (Å²) in [5, 5.41) is 3.30. The van der Waals surface area contributed by atoms with E-state index >= 15 is 0 Å². The molecule has 0 radical (unpaired) electrons. The Hall–Kier alpha value is -0.740. The minimum absolute atomic E-state index is 0.318. The summed E-state index contributed by atoms with van der Waals surface area (Å²) in [6, 6.07) is 1.82. The monoisotopic (exact) mass is 276 g/mol. The largest absolute Gasteiger partial charge is 0.362 e. The van der Waals surface area contributed by atoms with E-state index in [4.69, 9.17) is 23.2 Å². The van der Waals surface area contributed by atoms with E-state index < -0.39 is 0 Å². The van der Waals surface area contributed by atoms with E-state index in [9.17, 15) is 0 Å². The van der Waals surface area contributed by atoms with Gasteiger partial charge >= 0.3 is 0 Å². The quantitative estimate of drug-likeness (QED) is 0.811. The fraction of sp³-hybridized carbons (Fsp3) is 0.636. The van der Waals surface area contributed by atoms with E-state index in [2.05, 4.69) is 15.3 Å². The molecule has 0 aliphatic rings. The van der Waals surface area contributed by atoms with Crippen LogP contribution < -0.4 is 10.2 Å². The predicted molar refractivity (Wildman–Crippen MR) is 74.4 cm³/mol. The van der Waals surface area contributed by atoms with Crippen molar-refractivity contribution in [3.8, 4) is 0 Å². The smallest absolute Gasteiger partial charge is 0.226 e. The van der Waals surface area contributed by atoms with Gasteiger partial charge < -0.3 is 10.2 Å². The van der Waals surface area contributed by atoms with Crippen LogP contribution in [0.25, 0.3) is 0 Å². The lowest BCUT2D eigenvalue weighted by Gasteiger charge is -2.30. The zero-order chi connectivity index (χ0) is 12.9. The van der Waals surface area contributed by atoms with Crippen molar-refractivity contribution in [3.63, 3.8) is 0 Å². The maximum atomic E-state index is 5.98. The van der Waals surface area contributed by atoms with Crippen molar-refractivity contribution in [2.24, 2.45) is 0 Å². The first-order valence-corrected chi connectivity index (χ1v) is 6.54. The van der Waals surface area contributed by atoms with Crippen LogP contribution in [0, 0.1) is 0 Å². The van der Waals surface area contributed by atoms with Gasteiger partial charge in [-0.05, 0) is 12.5 Å². The van der Waals surface area contributed by atoms with E-state index in [0.717, 1.165) is 12.2 Å². The molecular weight excluding hydrogens is 259 g/mol. The van der Waals surface area contributed by atoms with Gasteiger partial charge in [0.2, 0.25) is 5.95 Å². The number of hydrogen-bond donors (Lipinski definition) is 1. The highest BCUT2D eigenvalue weighted by Crippen LogP contribution is 2.21. The van der Waals surface area contributed by atoms with Gasteiger partial charge in [0.25, 0.3) is 0 Å². The molecular formula is C11H18Cl2N4. The van der Waals surface area contributed by atoms with Crippen LogP contribution in [-0.4, -0.2) is 41.4 Å². The highest BCUT2D eigenvalue weighted by molar-refractivity contribution is 6.22. The number of nitrogens with zero attached hydrogens (tertiary/aromatic N) is 3. The molecule has 1 aromatic rings. The lowest BCUT2D eigenvalue weighted by Crippen LogP contribution is -2.42. The highest BCUT2D eigenvalue weighted by atomic mass is 35.5. The Morgan fingerprint density at radius 3 is 2.47 bits per heavy atom. The molecule has 0 saturated heterocycles. The predicted octanol–water partition coefficient (Wildman–Crippen LogP) is 2.58. The number of nitrogens with one attached hydrogen (secondary N) is 1. The molecule has 0 fully saturated rings. The fourth-order valence-corrected chi connectivity index (χ4v) is 2.08. The second kappa shape index (κ2) is 6.26. The third kappa shape index (κ3) is 3.61. The van der Waals surface area contributed by atoms with Gasteiger partial charge in [-0.25, -0.2) is 4.98 Å². The summed E-state index contributed by atoms with van der Waals surface area (Å²) in [6.45, 7) is 2.05. The van der Waals surface area contributed by atoms with Crippen LogP contribution in [0.15, 0.2) is 12.3 Å². The first-order valence-electron chi connectivity index (χ1n) is 5.47. The van der Waals surface area contributed by atoms with E-state index in [1.807, 2.05) is 32.0 Å². The van der Waals surface area contributed by atoms with Crippen molar-refractivity contribution in [1.82, 2.24) is 9.97 Å². The molecule has 0 bridgehead atoms. The lowest BCUT2D eigenvalue weighted by atomic mass is 10.0. The Labute approximate surface area is 112 Å². The van der Waals surface area contributed by atoms with Gasteiger partial charge in [-0.15, -0.1) is 23.2 Å². The van der Waals surface area contributed by atoms with Crippen LogP contribution >= 0.6 is 23.2 Å². The van der Waals surface area contributed by atoms with Gasteiger partial charge in [-0.3, -0.25) is 0 Å². The molecule has 4 nitrogen and oxygen atoms in total. The average molecular weight is 277 g/mol. The highest BCUT2D eigenvalue weighted by Gasteiger charge is 2.26. The molecule has 0 aliphatic carbocycles. The molecule has 0 unspecified atom stereocenters. The maximum Gasteiger partial charge on any atom is 0.226 e. The Balaban J connectivity index is 2.90. The van der Waals surface area contributed by atoms with Gasteiger partial charge in [-0.2, -0.15) is 4.98 Å². The summed E-state index contributed by atoms with van der Waals surface area (Å²) in [5.41, 5.74) is -0.318. The van der Waals surface area contributed by atoms with Gasteiger partial charge in [-0.1, -0.05) is 6.92 Å². The third-order valence-corrected chi connectivity index (χ3v) is 3.65. The molecule has 96 valence electrons. The normalized spacial score (nSPS) is 11.4. The van der Waals surface area contributed by atoms with Crippen LogP contribution in [0.4, 0.5) is 11.8 Å². The summed E-state index contributed by atoms with van der Waals surface area (Å²) in [4.78, 5) is 10.4. The van der Waals surface area contributed by atoms with Crippen molar-refractivity contribution in [1.29, 1.82) is 0 Å². The average Bonchev–Trinajstić information content (AvgIpc) is 2.36. The molecule has 0 aromatic carbocycles. The standard InChI is InChI=1S/C11H18Cl2N4/c1-4-11(7-12,8-13)16-9-5-6-14-10(15-9)17(2)3/h5-6H,4,7-8H2,1-3H3,(H,14,15,16). The third-order valence-electron chi connectivity index (χ3n) is 2.62. The Morgan fingerprint density at radius 2 is 2.00 bits per heavy atom. The summed E-state index contributed by atoms with van der Waals surface area (Å²) in [6.07, 6.45) is 2.55. The zero-order valence-electron chi connectivity index (χ0n) is 10.4. The molecule has 1 heterocycles. The molecule has 0 spiro atoms. The summed E-state index contributed by atoms with van der Waals surface area (Å²) < 4.78 is 0. The molecule has 6 heteroatoms. The van der Waals surface area contributed by atoms with Gasteiger partial charge in [0.05, 0.1) is 5.54 Å². The van der Waals surface area contributed by atoms with E-state index in [-0.39, 0.29) is 5.54 Å². The molecule has 0 amide bonds. The van der Waals surface area contributed by atoms with E-state index in [1.165, 1.54) is 0 Å². The number of rotatable bonds is 6. The van der Waals surface area contributed by atoms with E-state index in [1.54, 1.807) is 6.20 Å². The second-order valence-electron chi connectivity index (χ2n) is 4.16. The zero-order valence-corrected chi connectivity index (χ0v) is 11.9. The molecule has 0 aliphatic heterocycles. The van der Waals surface area contributed by atoms with Gasteiger partial charge in [0.1, 0.15) is 5.82 Å². The van der Waals surface area contributed by atoms with Crippen molar-refractivity contribution >= 4 is 35.0 Å². The Kier molecular flexibility index (Phi) is 5.28. The molecule has 0 saturated carbocycles. The maximum absolute atomic E-state index is 5.98. The van der Waals surface area contributed by atoms with Crippen LogP contribution in [-0.2, 0) is 0 Å². The van der Waals surface area contributed by atoms with Crippen molar-refractivity contribution in [3.05, 3.63) is 12.3 Å². The van der Waals surface area contributed by atoms with Crippen molar-refractivity contribution < 1.29 is 0 Å². The number of hydrogen-bond acceptors (Lipinski definition) is 4. The number of halogens is 2.